The van der Waals surface area contributed by atoms with E-state index in [4.69, 9.17) is 17.4 Å². The summed E-state index contributed by atoms with van der Waals surface area (Å²) < 4.78 is 2.06. The van der Waals surface area contributed by atoms with E-state index in [9.17, 15) is 4.79 Å². The maximum atomic E-state index is 11.4. The van der Waals surface area contributed by atoms with E-state index in [2.05, 4.69) is 15.0 Å². The summed E-state index contributed by atoms with van der Waals surface area (Å²) in [5.41, 5.74) is 4.41. The molecule has 0 radical (unpaired) electrons. The zero-order chi connectivity index (χ0) is 14.8. The van der Waals surface area contributed by atoms with E-state index in [0.717, 1.165) is 21.6 Å². The molecule has 0 saturated carbocycles. The van der Waals surface area contributed by atoms with E-state index in [1.165, 1.54) is 6.20 Å². The van der Waals surface area contributed by atoms with Crippen molar-refractivity contribution in [1.29, 1.82) is 0 Å². The summed E-state index contributed by atoms with van der Waals surface area (Å²) in [5, 5.41) is 1.74. The predicted molar refractivity (Wildman–Crippen MR) is 81.9 cm³/mol. The lowest BCUT2D eigenvalue weighted by molar-refractivity contribution is 0.0953. The average Bonchev–Trinajstić information content (AvgIpc) is 2.92. The number of aromatic nitrogens is 2. The standard InChI is InChI=1S/C15H13ClN4O/c16-13-2-1-3-14-12(13)6-7-20(14)9-11-5-4-10(8-18-11)15(21)19-17/h1-8H,9,17H2,(H,19,21). The molecule has 0 aliphatic heterocycles. The lowest BCUT2D eigenvalue weighted by atomic mass is 10.2. The number of nitrogens with zero attached hydrogens (tertiary/aromatic N) is 2. The van der Waals surface area contributed by atoms with Crippen LogP contribution < -0.4 is 11.3 Å². The third-order valence-electron chi connectivity index (χ3n) is 3.31. The number of nitrogens with one attached hydrogen (secondary N) is 1. The van der Waals surface area contributed by atoms with E-state index >= 15 is 0 Å². The second kappa shape index (κ2) is 5.55. The fourth-order valence-corrected chi connectivity index (χ4v) is 2.47. The van der Waals surface area contributed by atoms with Gasteiger partial charge in [0.15, 0.2) is 0 Å². The van der Waals surface area contributed by atoms with Crippen LogP contribution in [0.1, 0.15) is 16.1 Å². The van der Waals surface area contributed by atoms with Gasteiger partial charge in [-0.2, -0.15) is 0 Å². The number of benzene rings is 1. The Morgan fingerprint density at radius 1 is 1.29 bits per heavy atom. The van der Waals surface area contributed by atoms with Gasteiger partial charge in [0, 0.05) is 28.3 Å². The predicted octanol–water partition coefficient (Wildman–Crippen LogP) is 2.34. The summed E-state index contributed by atoms with van der Waals surface area (Å²) in [6.45, 7) is 0.606. The molecule has 1 aromatic carbocycles. The summed E-state index contributed by atoms with van der Waals surface area (Å²) in [4.78, 5) is 15.6. The number of carbonyl (C=O) groups is 1. The van der Waals surface area contributed by atoms with Gasteiger partial charge in [0.1, 0.15) is 0 Å². The molecule has 2 aromatic heterocycles. The largest absolute Gasteiger partial charge is 0.341 e. The highest BCUT2D eigenvalue weighted by Gasteiger charge is 2.07. The zero-order valence-electron chi connectivity index (χ0n) is 11.1. The highest BCUT2D eigenvalue weighted by molar-refractivity contribution is 6.35. The van der Waals surface area contributed by atoms with Crippen molar-refractivity contribution in [2.24, 2.45) is 5.84 Å². The highest BCUT2D eigenvalue weighted by Crippen LogP contribution is 2.24. The minimum Gasteiger partial charge on any atom is -0.341 e. The van der Waals surface area contributed by atoms with Crippen LogP contribution in [0.2, 0.25) is 5.02 Å². The molecule has 2 heterocycles. The third-order valence-corrected chi connectivity index (χ3v) is 3.64. The van der Waals surface area contributed by atoms with Gasteiger partial charge in [0.2, 0.25) is 0 Å². The minimum atomic E-state index is -0.354. The number of hydrogen-bond donors (Lipinski definition) is 2. The first-order valence-corrected chi connectivity index (χ1v) is 6.76. The van der Waals surface area contributed by atoms with E-state index in [1.807, 2.05) is 30.5 Å². The Morgan fingerprint density at radius 2 is 2.14 bits per heavy atom. The Balaban J connectivity index is 1.88. The molecule has 21 heavy (non-hydrogen) atoms. The van der Waals surface area contributed by atoms with Crippen molar-refractivity contribution in [2.45, 2.75) is 6.54 Å². The van der Waals surface area contributed by atoms with Gasteiger partial charge < -0.3 is 4.57 Å². The van der Waals surface area contributed by atoms with Crippen molar-refractivity contribution >= 4 is 28.4 Å². The molecule has 1 amide bonds. The van der Waals surface area contributed by atoms with E-state index < -0.39 is 0 Å². The fourth-order valence-electron chi connectivity index (χ4n) is 2.23. The molecule has 106 valence electrons. The molecule has 0 bridgehead atoms. The van der Waals surface area contributed by atoms with Gasteiger partial charge in [0.05, 0.1) is 17.8 Å². The Morgan fingerprint density at radius 3 is 2.86 bits per heavy atom. The fraction of sp³-hybridized carbons (Fsp3) is 0.0667. The number of carbonyl (C=O) groups excluding carboxylic acids is 1. The molecule has 0 fully saturated rings. The first-order chi connectivity index (χ1) is 10.2. The van der Waals surface area contributed by atoms with E-state index in [0.29, 0.717) is 12.1 Å². The number of pyridine rings is 1. The molecule has 0 aliphatic carbocycles. The first kappa shape index (κ1) is 13.6. The number of halogens is 1. The molecule has 3 aromatic rings. The quantitative estimate of drug-likeness (QED) is 0.443. The highest BCUT2D eigenvalue weighted by atomic mass is 35.5. The van der Waals surface area contributed by atoms with E-state index in [1.54, 1.807) is 12.1 Å². The minimum absolute atomic E-state index is 0.354. The van der Waals surface area contributed by atoms with E-state index in [-0.39, 0.29) is 5.91 Å². The normalized spacial score (nSPS) is 10.8. The third kappa shape index (κ3) is 2.61. The SMILES string of the molecule is NNC(=O)c1ccc(Cn2ccc3c(Cl)cccc32)nc1. The summed E-state index contributed by atoms with van der Waals surface area (Å²) in [7, 11) is 0. The van der Waals surface area contributed by atoms with Gasteiger partial charge in [-0.1, -0.05) is 17.7 Å². The van der Waals surface area contributed by atoms with Crippen LogP contribution in [0.3, 0.4) is 0 Å². The second-order valence-electron chi connectivity index (χ2n) is 4.63. The summed E-state index contributed by atoms with van der Waals surface area (Å²) in [5.74, 6) is 4.73. The number of nitrogens with two attached hydrogens (primary N) is 1. The van der Waals surface area contributed by atoms with Gasteiger partial charge in [-0.25, -0.2) is 5.84 Å². The van der Waals surface area contributed by atoms with Crippen LogP contribution in [0.4, 0.5) is 0 Å². The number of nitrogen functional groups attached to an aromatic ring is 1. The lowest BCUT2D eigenvalue weighted by Gasteiger charge is -2.06. The van der Waals surface area contributed by atoms with Crippen LogP contribution in [0.15, 0.2) is 48.8 Å². The maximum Gasteiger partial charge on any atom is 0.266 e. The van der Waals surface area contributed by atoms with Crippen LogP contribution in [-0.4, -0.2) is 15.5 Å². The second-order valence-corrected chi connectivity index (χ2v) is 5.04. The monoisotopic (exact) mass is 300 g/mol. The Hall–Kier alpha value is -2.37. The molecular weight excluding hydrogens is 288 g/mol. The number of hydrazine groups is 1. The lowest BCUT2D eigenvalue weighted by Crippen LogP contribution is -2.30. The number of hydrogen-bond acceptors (Lipinski definition) is 3. The topological polar surface area (TPSA) is 72.9 Å². The van der Waals surface area contributed by atoms with Crippen molar-refractivity contribution in [3.63, 3.8) is 0 Å². The van der Waals surface area contributed by atoms with Crippen molar-refractivity contribution in [3.05, 3.63) is 65.1 Å². The molecule has 5 nitrogen and oxygen atoms in total. The van der Waals surface area contributed by atoms with Gasteiger partial charge in [-0.05, 0) is 30.3 Å². The molecule has 0 atom stereocenters. The molecule has 6 heteroatoms. The smallest absolute Gasteiger partial charge is 0.266 e. The molecule has 3 rings (SSSR count). The molecule has 0 unspecified atom stereocenters. The Kier molecular flexibility index (Phi) is 3.60. The maximum absolute atomic E-state index is 11.4. The summed E-state index contributed by atoms with van der Waals surface area (Å²) in [6.07, 6.45) is 3.48. The van der Waals surface area contributed by atoms with Gasteiger partial charge in [0.25, 0.3) is 5.91 Å². The number of fused-ring (bicyclic) bond motifs is 1. The van der Waals surface area contributed by atoms with Crippen LogP contribution in [0, 0.1) is 0 Å². The van der Waals surface area contributed by atoms with Crippen LogP contribution in [0.25, 0.3) is 10.9 Å². The number of rotatable bonds is 3. The van der Waals surface area contributed by atoms with Crippen LogP contribution >= 0.6 is 11.6 Å². The van der Waals surface area contributed by atoms with Crippen molar-refractivity contribution in [3.8, 4) is 0 Å². The van der Waals surface area contributed by atoms with Gasteiger partial charge in [-0.3, -0.25) is 15.2 Å². The Labute approximate surface area is 126 Å². The first-order valence-electron chi connectivity index (χ1n) is 6.38. The molecular formula is C15H13ClN4O. The molecule has 0 spiro atoms. The molecule has 0 aliphatic rings. The van der Waals surface area contributed by atoms with Gasteiger partial charge >= 0.3 is 0 Å². The zero-order valence-corrected chi connectivity index (χ0v) is 11.8. The Bertz CT molecular complexity index is 795. The van der Waals surface area contributed by atoms with Crippen molar-refractivity contribution in [2.75, 3.05) is 0 Å². The summed E-state index contributed by atoms with van der Waals surface area (Å²) >= 11 is 6.16. The van der Waals surface area contributed by atoms with Crippen LogP contribution in [-0.2, 0) is 6.54 Å². The van der Waals surface area contributed by atoms with Crippen LogP contribution in [0.5, 0.6) is 0 Å². The molecule has 0 saturated heterocycles. The van der Waals surface area contributed by atoms with Gasteiger partial charge in [-0.15, -0.1) is 0 Å². The molecule has 3 N–H and O–H groups in total. The van der Waals surface area contributed by atoms with Crippen molar-refractivity contribution < 1.29 is 4.79 Å². The number of amides is 1. The summed E-state index contributed by atoms with van der Waals surface area (Å²) in [6, 6.07) is 11.3. The average molecular weight is 301 g/mol. The van der Waals surface area contributed by atoms with Crippen molar-refractivity contribution in [1.82, 2.24) is 15.0 Å².